The number of nitrogens with one attached hydrogen (secondary N) is 3. The topological polar surface area (TPSA) is 88.7 Å². The second kappa shape index (κ2) is 11.6. The van der Waals surface area contributed by atoms with Crippen LogP contribution in [0, 0.1) is 0 Å². The molecule has 0 radical (unpaired) electrons. The van der Waals surface area contributed by atoms with Crippen molar-refractivity contribution in [2.24, 2.45) is 0 Å². The van der Waals surface area contributed by atoms with Crippen molar-refractivity contribution < 1.29 is 19.1 Å². The molecule has 0 aliphatic rings. The van der Waals surface area contributed by atoms with Crippen LogP contribution in [0.25, 0.3) is 0 Å². The van der Waals surface area contributed by atoms with Gasteiger partial charge < -0.3 is 9.47 Å². The van der Waals surface area contributed by atoms with Gasteiger partial charge in [-0.2, -0.15) is 0 Å². The SMILES string of the molecule is CCc1ccc(OCC(=O)NC(=S)NNC(=O)COc2ccccc2Cl)c(Br)c1. The molecule has 0 spiro atoms. The first kappa shape index (κ1) is 22.9. The lowest BCUT2D eigenvalue weighted by atomic mass is 10.2. The van der Waals surface area contributed by atoms with Gasteiger partial charge in [0.15, 0.2) is 18.3 Å². The van der Waals surface area contributed by atoms with Gasteiger partial charge in [-0.25, -0.2) is 0 Å². The van der Waals surface area contributed by atoms with Gasteiger partial charge in [0, 0.05) is 0 Å². The number of halogens is 2. The molecule has 7 nitrogen and oxygen atoms in total. The molecule has 0 bridgehead atoms. The Morgan fingerprint density at radius 3 is 2.41 bits per heavy atom. The summed E-state index contributed by atoms with van der Waals surface area (Å²) in [7, 11) is 0. The van der Waals surface area contributed by atoms with E-state index < -0.39 is 11.8 Å². The smallest absolute Gasteiger partial charge is 0.276 e. The van der Waals surface area contributed by atoms with Gasteiger partial charge in [-0.15, -0.1) is 0 Å². The molecule has 0 aromatic heterocycles. The number of rotatable bonds is 7. The van der Waals surface area contributed by atoms with Gasteiger partial charge in [0.1, 0.15) is 11.5 Å². The molecule has 2 aromatic rings. The molecule has 29 heavy (non-hydrogen) atoms. The summed E-state index contributed by atoms with van der Waals surface area (Å²) < 4.78 is 11.5. The van der Waals surface area contributed by atoms with E-state index in [0.717, 1.165) is 16.5 Å². The van der Waals surface area contributed by atoms with Crippen molar-refractivity contribution in [1.82, 2.24) is 16.2 Å². The highest BCUT2D eigenvalue weighted by molar-refractivity contribution is 9.10. The van der Waals surface area contributed by atoms with Crippen molar-refractivity contribution in [2.75, 3.05) is 13.2 Å². The van der Waals surface area contributed by atoms with Crippen LogP contribution in [-0.4, -0.2) is 30.1 Å². The molecule has 10 heteroatoms. The van der Waals surface area contributed by atoms with Gasteiger partial charge in [-0.3, -0.25) is 25.8 Å². The lowest BCUT2D eigenvalue weighted by molar-refractivity contribution is -0.124. The van der Waals surface area contributed by atoms with Crippen molar-refractivity contribution in [3.63, 3.8) is 0 Å². The Kier molecular flexibility index (Phi) is 9.17. The zero-order chi connectivity index (χ0) is 21.2. The van der Waals surface area contributed by atoms with E-state index in [-0.39, 0.29) is 18.3 Å². The van der Waals surface area contributed by atoms with Crippen molar-refractivity contribution in [1.29, 1.82) is 0 Å². The second-order valence-corrected chi connectivity index (χ2v) is 7.35. The number of amides is 2. The summed E-state index contributed by atoms with van der Waals surface area (Å²) in [6.07, 6.45) is 0.897. The largest absolute Gasteiger partial charge is 0.483 e. The van der Waals surface area contributed by atoms with Crippen LogP contribution < -0.4 is 25.6 Å². The molecular weight excluding hydrogens is 482 g/mol. The molecule has 2 aromatic carbocycles. The molecule has 2 rings (SSSR count). The van der Waals surface area contributed by atoms with Gasteiger partial charge in [0.25, 0.3) is 11.8 Å². The molecule has 0 atom stereocenters. The number of carbonyl (C=O) groups is 2. The summed E-state index contributed by atoms with van der Waals surface area (Å²) in [4.78, 5) is 23.7. The number of benzene rings is 2. The summed E-state index contributed by atoms with van der Waals surface area (Å²) in [6.45, 7) is 1.53. The minimum absolute atomic E-state index is 0.0786. The van der Waals surface area contributed by atoms with E-state index >= 15 is 0 Å². The number of para-hydroxylation sites is 1. The highest BCUT2D eigenvalue weighted by atomic mass is 79.9. The van der Waals surface area contributed by atoms with Crippen LogP contribution >= 0.6 is 39.7 Å². The number of hydrazine groups is 1. The van der Waals surface area contributed by atoms with Crippen LogP contribution in [0.4, 0.5) is 0 Å². The zero-order valence-corrected chi connectivity index (χ0v) is 18.6. The first-order valence-electron chi connectivity index (χ1n) is 8.56. The number of hydrogen-bond donors (Lipinski definition) is 3. The summed E-state index contributed by atoms with van der Waals surface area (Å²) in [5, 5.41) is 2.71. The summed E-state index contributed by atoms with van der Waals surface area (Å²) in [6, 6.07) is 12.4. The Morgan fingerprint density at radius 1 is 1.03 bits per heavy atom. The van der Waals surface area contributed by atoms with Crippen molar-refractivity contribution in [3.8, 4) is 11.5 Å². The fourth-order valence-corrected chi connectivity index (χ4v) is 2.98. The molecule has 0 saturated carbocycles. The Balaban J connectivity index is 1.68. The van der Waals surface area contributed by atoms with Crippen molar-refractivity contribution in [2.45, 2.75) is 13.3 Å². The first-order chi connectivity index (χ1) is 13.9. The van der Waals surface area contributed by atoms with Gasteiger partial charge >= 0.3 is 0 Å². The number of thiocarbonyl (C=S) groups is 1. The summed E-state index contributed by atoms with van der Waals surface area (Å²) >= 11 is 14.3. The lowest BCUT2D eigenvalue weighted by Crippen LogP contribution is -2.50. The Morgan fingerprint density at radius 2 is 1.72 bits per heavy atom. The van der Waals surface area contributed by atoms with E-state index in [9.17, 15) is 9.59 Å². The number of hydrogen-bond acceptors (Lipinski definition) is 5. The van der Waals surface area contributed by atoms with Crippen LogP contribution in [0.3, 0.4) is 0 Å². The molecule has 0 aliphatic heterocycles. The number of carbonyl (C=O) groups excluding carboxylic acids is 2. The molecule has 2 amide bonds. The van der Waals surface area contributed by atoms with Crippen LogP contribution in [0.15, 0.2) is 46.9 Å². The third kappa shape index (κ3) is 7.88. The second-order valence-electron chi connectivity index (χ2n) is 5.68. The highest BCUT2D eigenvalue weighted by Gasteiger charge is 2.10. The quantitative estimate of drug-likeness (QED) is 0.400. The van der Waals surface area contributed by atoms with Gasteiger partial charge in [-0.1, -0.05) is 36.7 Å². The van der Waals surface area contributed by atoms with Crippen LogP contribution in [0.1, 0.15) is 12.5 Å². The standard InChI is InChI=1S/C19H19BrClN3O4S/c1-2-12-7-8-15(13(20)9-12)27-10-17(25)22-19(29)24-23-18(26)11-28-16-6-4-3-5-14(16)21/h3-9H,2,10-11H2,1H3,(H,23,26)(H2,22,24,25,29). The molecule has 0 aliphatic carbocycles. The third-order valence-corrected chi connectivity index (χ3v) is 4.66. The maximum atomic E-state index is 11.9. The maximum Gasteiger partial charge on any atom is 0.276 e. The van der Waals surface area contributed by atoms with Crippen LogP contribution in [0.5, 0.6) is 11.5 Å². The molecule has 154 valence electrons. The van der Waals surface area contributed by atoms with E-state index in [4.69, 9.17) is 33.3 Å². The molecular formula is C19H19BrClN3O4S. The van der Waals surface area contributed by atoms with Crippen molar-refractivity contribution >= 4 is 56.7 Å². The van der Waals surface area contributed by atoms with E-state index in [1.54, 1.807) is 30.3 Å². The predicted octanol–water partition coefficient (Wildman–Crippen LogP) is 3.14. The first-order valence-corrected chi connectivity index (χ1v) is 10.1. The minimum Gasteiger partial charge on any atom is -0.483 e. The summed E-state index contributed by atoms with van der Waals surface area (Å²) in [5.74, 6) is -0.0509. The Hall–Kier alpha value is -2.36. The Bertz CT molecular complexity index is 898. The van der Waals surface area contributed by atoms with Crippen molar-refractivity contribution in [3.05, 3.63) is 57.5 Å². The van der Waals surface area contributed by atoms with E-state index in [1.807, 2.05) is 19.1 Å². The van der Waals surface area contributed by atoms with E-state index in [1.165, 1.54) is 0 Å². The molecule has 0 unspecified atom stereocenters. The molecule has 3 N–H and O–H groups in total. The molecule has 0 saturated heterocycles. The third-order valence-electron chi connectivity index (χ3n) is 3.53. The van der Waals surface area contributed by atoms with Crippen LogP contribution in [-0.2, 0) is 16.0 Å². The average molecular weight is 501 g/mol. The highest BCUT2D eigenvalue weighted by Crippen LogP contribution is 2.26. The van der Waals surface area contributed by atoms with Gasteiger partial charge in [-0.05, 0) is 64.4 Å². The maximum absolute atomic E-state index is 11.9. The van der Waals surface area contributed by atoms with Crippen LogP contribution in [0.2, 0.25) is 5.02 Å². The molecule has 0 fully saturated rings. The van der Waals surface area contributed by atoms with E-state index in [2.05, 4.69) is 32.1 Å². The zero-order valence-electron chi connectivity index (χ0n) is 15.5. The number of aryl methyl sites for hydroxylation is 1. The minimum atomic E-state index is -0.502. The lowest BCUT2D eigenvalue weighted by Gasteiger charge is -2.13. The molecule has 0 heterocycles. The Labute approximate surface area is 187 Å². The normalized spacial score (nSPS) is 10.0. The van der Waals surface area contributed by atoms with E-state index in [0.29, 0.717) is 16.5 Å². The predicted molar refractivity (Wildman–Crippen MR) is 118 cm³/mol. The van der Waals surface area contributed by atoms with Gasteiger partial charge in [0.2, 0.25) is 0 Å². The average Bonchev–Trinajstić information content (AvgIpc) is 2.70. The van der Waals surface area contributed by atoms with Gasteiger partial charge in [0.05, 0.1) is 9.50 Å². The fraction of sp³-hybridized carbons (Fsp3) is 0.211. The number of ether oxygens (including phenoxy) is 2. The summed E-state index contributed by atoms with van der Waals surface area (Å²) in [5.41, 5.74) is 5.87. The monoisotopic (exact) mass is 499 g/mol. The fourth-order valence-electron chi connectivity index (χ4n) is 2.09.